The fourth-order valence-electron chi connectivity index (χ4n) is 3.92. The number of hydrogen-bond acceptors (Lipinski definition) is 6. The molecule has 0 radical (unpaired) electrons. The average molecular weight is 436 g/mol. The SMILES string of the molecule is CC(=O)Oc1ccccc1C(=O)C1(S(=O)(=O)c2ccccc2)CCOc2ccccc21. The molecule has 0 N–H and O–H groups in total. The molecule has 1 aliphatic rings. The molecule has 0 saturated carbocycles. The zero-order valence-corrected chi connectivity index (χ0v) is 17.6. The molecule has 0 saturated heterocycles. The van der Waals surface area contributed by atoms with Gasteiger partial charge in [0, 0.05) is 18.9 Å². The number of Topliss-reactive ketones (excluding diaryl/α,β-unsaturated/α-hetero) is 1. The third-order valence-corrected chi connectivity index (χ3v) is 7.72. The van der Waals surface area contributed by atoms with Crippen LogP contribution in [0.5, 0.6) is 11.5 Å². The van der Waals surface area contributed by atoms with Crippen molar-refractivity contribution in [2.45, 2.75) is 23.0 Å². The molecule has 1 unspecified atom stereocenters. The standard InChI is InChI=1S/C24H20O6S/c1-17(25)30-21-13-7-5-11-19(21)23(26)24(31(27,28)18-9-3-2-4-10-18)15-16-29-22-14-8-6-12-20(22)24/h2-14H,15-16H2,1H3. The van der Waals surface area contributed by atoms with E-state index in [1.165, 1.54) is 31.2 Å². The minimum absolute atomic E-state index is 0.0200. The maximum absolute atomic E-state index is 14.1. The number of sulfone groups is 1. The lowest BCUT2D eigenvalue weighted by atomic mass is 9.85. The van der Waals surface area contributed by atoms with Gasteiger partial charge in [-0.2, -0.15) is 0 Å². The van der Waals surface area contributed by atoms with Crippen LogP contribution in [0.15, 0.2) is 83.8 Å². The number of esters is 1. The van der Waals surface area contributed by atoms with Crippen LogP contribution < -0.4 is 9.47 Å². The molecule has 7 heteroatoms. The molecule has 0 bridgehead atoms. The molecule has 3 aromatic carbocycles. The van der Waals surface area contributed by atoms with Crippen LogP contribution in [0.3, 0.4) is 0 Å². The van der Waals surface area contributed by atoms with E-state index in [0.717, 1.165) is 0 Å². The average Bonchev–Trinajstić information content (AvgIpc) is 2.78. The first-order valence-corrected chi connectivity index (χ1v) is 11.2. The van der Waals surface area contributed by atoms with E-state index in [9.17, 15) is 18.0 Å². The summed E-state index contributed by atoms with van der Waals surface area (Å²) < 4.78 is 37.1. The first-order valence-electron chi connectivity index (χ1n) is 9.72. The van der Waals surface area contributed by atoms with Crippen LogP contribution in [0.4, 0.5) is 0 Å². The Balaban J connectivity index is 2.01. The quantitative estimate of drug-likeness (QED) is 0.342. The maximum atomic E-state index is 14.1. The van der Waals surface area contributed by atoms with Crippen molar-refractivity contribution in [2.24, 2.45) is 0 Å². The van der Waals surface area contributed by atoms with Crippen molar-refractivity contribution in [3.63, 3.8) is 0 Å². The summed E-state index contributed by atoms with van der Waals surface area (Å²) in [6.45, 7) is 1.27. The number of ketones is 1. The lowest BCUT2D eigenvalue weighted by Crippen LogP contribution is -2.47. The normalized spacial score (nSPS) is 17.8. The Morgan fingerprint density at radius 3 is 2.29 bits per heavy atom. The molecule has 1 atom stereocenters. The van der Waals surface area contributed by atoms with Crippen molar-refractivity contribution in [1.29, 1.82) is 0 Å². The minimum atomic E-state index is -4.20. The van der Waals surface area contributed by atoms with Gasteiger partial charge < -0.3 is 9.47 Å². The van der Waals surface area contributed by atoms with Gasteiger partial charge in [-0.15, -0.1) is 0 Å². The van der Waals surface area contributed by atoms with E-state index in [1.807, 2.05) is 0 Å². The van der Waals surface area contributed by atoms with Gasteiger partial charge in [-0.25, -0.2) is 8.42 Å². The smallest absolute Gasteiger partial charge is 0.308 e. The Kier molecular flexibility index (Phi) is 5.37. The minimum Gasteiger partial charge on any atom is -0.493 e. The highest BCUT2D eigenvalue weighted by Gasteiger charge is 2.56. The predicted molar refractivity (Wildman–Crippen MR) is 114 cm³/mol. The Bertz CT molecular complexity index is 1250. The number of ether oxygens (including phenoxy) is 2. The molecule has 31 heavy (non-hydrogen) atoms. The summed E-state index contributed by atoms with van der Waals surface area (Å²) in [5.41, 5.74) is 0.293. The third-order valence-electron chi connectivity index (χ3n) is 5.30. The monoisotopic (exact) mass is 436 g/mol. The van der Waals surface area contributed by atoms with E-state index in [1.54, 1.807) is 54.6 Å². The Hall–Kier alpha value is -3.45. The lowest BCUT2D eigenvalue weighted by molar-refractivity contribution is -0.131. The number of carbonyl (C=O) groups is 2. The lowest BCUT2D eigenvalue weighted by Gasteiger charge is -2.37. The third kappa shape index (κ3) is 3.41. The van der Waals surface area contributed by atoms with Gasteiger partial charge in [0.25, 0.3) is 0 Å². The fraction of sp³-hybridized carbons (Fsp3) is 0.167. The molecule has 4 rings (SSSR count). The largest absolute Gasteiger partial charge is 0.493 e. The summed E-state index contributed by atoms with van der Waals surface area (Å²) in [6.07, 6.45) is -0.0749. The van der Waals surface area contributed by atoms with E-state index in [-0.39, 0.29) is 34.8 Å². The molecule has 0 spiro atoms. The summed E-state index contributed by atoms with van der Waals surface area (Å²) in [6, 6.07) is 20.7. The molecular weight excluding hydrogens is 416 g/mol. The highest BCUT2D eigenvalue weighted by Crippen LogP contribution is 2.48. The topological polar surface area (TPSA) is 86.7 Å². The van der Waals surface area contributed by atoms with Gasteiger partial charge in [-0.3, -0.25) is 9.59 Å². The second kappa shape index (κ2) is 8.00. The molecule has 158 valence electrons. The Morgan fingerprint density at radius 2 is 1.55 bits per heavy atom. The Labute approximate surface area is 180 Å². The molecule has 0 amide bonds. The number of benzene rings is 3. The van der Waals surface area contributed by atoms with E-state index in [2.05, 4.69) is 0 Å². The van der Waals surface area contributed by atoms with Gasteiger partial charge >= 0.3 is 5.97 Å². The van der Waals surface area contributed by atoms with E-state index in [4.69, 9.17) is 9.47 Å². The van der Waals surface area contributed by atoms with Gasteiger partial charge in [0.15, 0.2) is 20.4 Å². The van der Waals surface area contributed by atoms with Crippen LogP contribution in [-0.2, 0) is 19.4 Å². The molecule has 3 aromatic rings. The van der Waals surface area contributed by atoms with Crippen LogP contribution in [0.2, 0.25) is 0 Å². The van der Waals surface area contributed by atoms with Crippen LogP contribution in [0, 0.1) is 0 Å². The van der Waals surface area contributed by atoms with Gasteiger partial charge in [-0.1, -0.05) is 48.5 Å². The summed E-state index contributed by atoms with van der Waals surface area (Å²) in [7, 11) is -4.20. The van der Waals surface area contributed by atoms with Crippen molar-refractivity contribution in [2.75, 3.05) is 6.61 Å². The van der Waals surface area contributed by atoms with Crippen molar-refractivity contribution >= 4 is 21.6 Å². The summed E-state index contributed by atoms with van der Waals surface area (Å²) in [5, 5.41) is 0. The molecule has 6 nitrogen and oxygen atoms in total. The highest BCUT2D eigenvalue weighted by atomic mass is 32.2. The molecule has 0 aromatic heterocycles. The van der Waals surface area contributed by atoms with Crippen LogP contribution in [-0.4, -0.2) is 26.8 Å². The van der Waals surface area contributed by atoms with Crippen LogP contribution in [0.1, 0.15) is 29.3 Å². The number of hydrogen-bond donors (Lipinski definition) is 0. The van der Waals surface area contributed by atoms with E-state index < -0.39 is 26.3 Å². The van der Waals surface area contributed by atoms with Gasteiger partial charge in [0.2, 0.25) is 0 Å². The van der Waals surface area contributed by atoms with E-state index >= 15 is 0 Å². The van der Waals surface area contributed by atoms with Crippen molar-refractivity contribution in [3.05, 3.63) is 90.0 Å². The zero-order chi connectivity index (χ0) is 22.1. The maximum Gasteiger partial charge on any atom is 0.308 e. The number of carbonyl (C=O) groups excluding carboxylic acids is 2. The molecule has 0 fully saturated rings. The van der Waals surface area contributed by atoms with Gasteiger partial charge in [0.1, 0.15) is 11.5 Å². The summed E-state index contributed by atoms with van der Waals surface area (Å²) in [5.74, 6) is -0.908. The van der Waals surface area contributed by atoms with Gasteiger partial charge in [-0.05, 0) is 30.3 Å². The van der Waals surface area contributed by atoms with Crippen molar-refractivity contribution < 1.29 is 27.5 Å². The van der Waals surface area contributed by atoms with Crippen molar-refractivity contribution in [3.8, 4) is 11.5 Å². The van der Waals surface area contributed by atoms with Crippen LogP contribution in [0.25, 0.3) is 0 Å². The fourth-order valence-corrected chi connectivity index (χ4v) is 6.00. The van der Waals surface area contributed by atoms with Crippen LogP contribution >= 0.6 is 0 Å². The zero-order valence-electron chi connectivity index (χ0n) is 16.8. The van der Waals surface area contributed by atoms with E-state index in [0.29, 0.717) is 5.75 Å². The number of fused-ring (bicyclic) bond motifs is 1. The summed E-state index contributed by atoms with van der Waals surface area (Å²) in [4.78, 5) is 25.7. The van der Waals surface area contributed by atoms with Crippen molar-refractivity contribution in [1.82, 2.24) is 0 Å². The predicted octanol–water partition coefficient (Wildman–Crippen LogP) is 3.95. The van der Waals surface area contributed by atoms with Gasteiger partial charge in [0.05, 0.1) is 17.1 Å². The summed E-state index contributed by atoms with van der Waals surface area (Å²) >= 11 is 0. The highest BCUT2D eigenvalue weighted by molar-refractivity contribution is 7.93. The second-order valence-electron chi connectivity index (χ2n) is 7.16. The molecule has 1 heterocycles. The number of rotatable bonds is 5. The molecular formula is C24H20O6S. The second-order valence-corrected chi connectivity index (χ2v) is 9.33. The Morgan fingerprint density at radius 1 is 0.903 bits per heavy atom. The molecule has 1 aliphatic heterocycles. The first-order chi connectivity index (χ1) is 14.9. The number of para-hydroxylation sites is 2. The first kappa shape index (κ1) is 20.8. The molecule has 0 aliphatic carbocycles.